The normalized spacial score (nSPS) is 10.1. The van der Waals surface area contributed by atoms with Gasteiger partial charge in [0.15, 0.2) is 5.69 Å². The van der Waals surface area contributed by atoms with Crippen molar-refractivity contribution >= 4 is 11.9 Å². The largest absolute Gasteiger partial charge is 0.466 e. The summed E-state index contributed by atoms with van der Waals surface area (Å²) >= 11 is 0. The fraction of sp³-hybridized carbons (Fsp3) is 0.286. The predicted molar refractivity (Wildman–Crippen MR) is 74.9 cm³/mol. The number of rotatable bonds is 6. The van der Waals surface area contributed by atoms with Gasteiger partial charge in [-0.25, -0.2) is 4.68 Å². The van der Waals surface area contributed by atoms with Crippen molar-refractivity contribution < 1.29 is 14.3 Å². The van der Waals surface area contributed by atoms with Crippen LogP contribution in [0.4, 0.5) is 0 Å². The smallest absolute Gasteiger partial charge is 0.307 e. The Balaban J connectivity index is 1.89. The summed E-state index contributed by atoms with van der Waals surface area (Å²) in [6.45, 7) is 2.27. The van der Waals surface area contributed by atoms with Gasteiger partial charge in [0.1, 0.15) is 0 Å². The van der Waals surface area contributed by atoms with E-state index in [1.54, 1.807) is 6.92 Å². The van der Waals surface area contributed by atoms with E-state index in [1.807, 2.05) is 30.3 Å². The second kappa shape index (κ2) is 7.18. The molecule has 0 aliphatic heterocycles. The predicted octanol–water partition coefficient (Wildman–Crippen LogP) is 0.950. The molecule has 0 spiro atoms. The molecular weight excluding hydrogens is 272 g/mol. The summed E-state index contributed by atoms with van der Waals surface area (Å²) in [5, 5.41) is 10.3. The lowest BCUT2D eigenvalue weighted by Gasteiger charge is -2.02. The number of hydrogen-bond acceptors (Lipinski definition) is 5. The minimum absolute atomic E-state index is 0.131. The molecule has 2 rings (SSSR count). The fourth-order valence-electron chi connectivity index (χ4n) is 1.68. The van der Waals surface area contributed by atoms with Gasteiger partial charge in [-0.3, -0.25) is 9.59 Å². The molecule has 0 saturated heterocycles. The van der Waals surface area contributed by atoms with Crippen molar-refractivity contribution in [3.05, 3.63) is 42.2 Å². The third kappa shape index (κ3) is 4.13. The van der Waals surface area contributed by atoms with E-state index in [4.69, 9.17) is 4.74 Å². The van der Waals surface area contributed by atoms with Gasteiger partial charge >= 0.3 is 5.97 Å². The first-order valence-corrected chi connectivity index (χ1v) is 6.62. The van der Waals surface area contributed by atoms with Gasteiger partial charge in [0.05, 0.1) is 24.9 Å². The van der Waals surface area contributed by atoms with Gasteiger partial charge in [-0.15, -0.1) is 5.10 Å². The van der Waals surface area contributed by atoms with Crippen molar-refractivity contribution in [2.24, 2.45) is 0 Å². The van der Waals surface area contributed by atoms with Crippen LogP contribution in [-0.2, 0) is 9.53 Å². The zero-order valence-corrected chi connectivity index (χ0v) is 11.7. The molecule has 1 aromatic heterocycles. The molecule has 0 radical (unpaired) electrons. The van der Waals surface area contributed by atoms with E-state index in [9.17, 15) is 9.59 Å². The van der Waals surface area contributed by atoms with E-state index < -0.39 is 0 Å². The molecule has 0 bridgehead atoms. The number of nitrogens with zero attached hydrogens (tertiary/aromatic N) is 3. The van der Waals surface area contributed by atoms with Gasteiger partial charge in [-0.05, 0) is 19.1 Å². The summed E-state index contributed by atoms with van der Waals surface area (Å²) < 4.78 is 6.28. The SMILES string of the molecule is CCOC(=O)CCNC(=O)c1cn(-c2ccccc2)nn1. The van der Waals surface area contributed by atoms with Crippen LogP contribution in [0.2, 0.25) is 0 Å². The topological polar surface area (TPSA) is 86.1 Å². The number of amides is 1. The lowest BCUT2D eigenvalue weighted by Crippen LogP contribution is -2.26. The minimum atomic E-state index is -0.374. The number of hydrogen-bond donors (Lipinski definition) is 1. The van der Waals surface area contributed by atoms with Crippen molar-refractivity contribution in [3.63, 3.8) is 0 Å². The molecular formula is C14H16N4O3. The minimum Gasteiger partial charge on any atom is -0.466 e. The van der Waals surface area contributed by atoms with Crippen LogP contribution in [0.5, 0.6) is 0 Å². The molecule has 0 atom stereocenters. The number of nitrogens with one attached hydrogen (secondary N) is 1. The maximum Gasteiger partial charge on any atom is 0.307 e. The molecule has 21 heavy (non-hydrogen) atoms. The van der Waals surface area contributed by atoms with Gasteiger partial charge in [-0.2, -0.15) is 0 Å². The van der Waals surface area contributed by atoms with Crippen molar-refractivity contribution in [2.75, 3.05) is 13.2 Å². The van der Waals surface area contributed by atoms with E-state index >= 15 is 0 Å². The van der Waals surface area contributed by atoms with Crippen LogP contribution in [0, 0.1) is 0 Å². The molecule has 110 valence electrons. The average Bonchev–Trinajstić information content (AvgIpc) is 2.98. The number of carbonyl (C=O) groups excluding carboxylic acids is 2. The molecule has 0 aliphatic carbocycles. The molecule has 7 heteroatoms. The highest BCUT2D eigenvalue weighted by atomic mass is 16.5. The number of para-hydroxylation sites is 1. The zero-order valence-electron chi connectivity index (χ0n) is 11.7. The maximum atomic E-state index is 11.8. The van der Waals surface area contributed by atoms with Crippen LogP contribution in [0.25, 0.3) is 5.69 Å². The third-order valence-corrected chi connectivity index (χ3v) is 2.67. The number of aromatic nitrogens is 3. The van der Waals surface area contributed by atoms with Gasteiger partial charge in [0.25, 0.3) is 5.91 Å². The van der Waals surface area contributed by atoms with Gasteiger partial charge in [-0.1, -0.05) is 23.4 Å². The Morgan fingerprint density at radius 2 is 2.05 bits per heavy atom. The van der Waals surface area contributed by atoms with Gasteiger partial charge < -0.3 is 10.1 Å². The molecule has 0 aliphatic rings. The van der Waals surface area contributed by atoms with Gasteiger partial charge in [0, 0.05) is 6.54 Å². The molecule has 0 unspecified atom stereocenters. The Morgan fingerprint density at radius 3 is 2.76 bits per heavy atom. The monoisotopic (exact) mass is 288 g/mol. The van der Waals surface area contributed by atoms with Crippen molar-refractivity contribution in [2.45, 2.75) is 13.3 Å². The third-order valence-electron chi connectivity index (χ3n) is 2.67. The highest BCUT2D eigenvalue weighted by molar-refractivity contribution is 5.92. The van der Waals surface area contributed by atoms with Crippen LogP contribution >= 0.6 is 0 Å². The first-order chi connectivity index (χ1) is 10.2. The number of ether oxygens (including phenoxy) is 1. The summed E-state index contributed by atoms with van der Waals surface area (Å²) in [6, 6.07) is 9.35. The summed E-state index contributed by atoms with van der Waals surface area (Å²) in [6.07, 6.45) is 1.67. The quantitative estimate of drug-likeness (QED) is 0.800. The van der Waals surface area contributed by atoms with E-state index in [0.29, 0.717) is 6.61 Å². The first kappa shape index (κ1) is 14.7. The molecule has 1 amide bonds. The molecule has 7 nitrogen and oxygen atoms in total. The highest BCUT2D eigenvalue weighted by Gasteiger charge is 2.11. The second-order valence-electron chi connectivity index (χ2n) is 4.19. The van der Waals surface area contributed by atoms with Crippen LogP contribution in [0.15, 0.2) is 36.5 Å². The summed E-state index contributed by atoms with van der Waals surface area (Å²) in [4.78, 5) is 23.0. The summed E-state index contributed by atoms with van der Waals surface area (Å²) in [5.74, 6) is -0.716. The van der Waals surface area contributed by atoms with E-state index in [2.05, 4.69) is 15.6 Å². The number of benzene rings is 1. The molecule has 1 heterocycles. The number of carbonyl (C=O) groups is 2. The van der Waals surface area contributed by atoms with Crippen LogP contribution in [0.1, 0.15) is 23.8 Å². The molecule has 1 N–H and O–H groups in total. The van der Waals surface area contributed by atoms with Crippen LogP contribution in [-0.4, -0.2) is 40.0 Å². The Kier molecular flexibility index (Phi) is 5.03. The maximum absolute atomic E-state index is 11.8. The second-order valence-corrected chi connectivity index (χ2v) is 4.19. The van der Waals surface area contributed by atoms with Crippen LogP contribution in [0.3, 0.4) is 0 Å². The Morgan fingerprint density at radius 1 is 1.29 bits per heavy atom. The summed E-state index contributed by atoms with van der Waals surface area (Å²) in [5.41, 5.74) is 1.01. The van der Waals surface area contributed by atoms with Crippen LogP contribution < -0.4 is 5.32 Å². The Hall–Kier alpha value is -2.70. The van der Waals surface area contributed by atoms with E-state index in [-0.39, 0.29) is 30.5 Å². The summed E-state index contributed by atoms with van der Waals surface area (Å²) in [7, 11) is 0. The van der Waals surface area contributed by atoms with E-state index in [0.717, 1.165) is 5.69 Å². The zero-order chi connectivity index (χ0) is 15.1. The lowest BCUT2D eigenvalue weighted by atomic mass is 10.3. The van der Waals surface area contributed by atoms with Crippen molar-refractivity contribution in [1.82, 2.24) is 20.3 Å². The number of esters is 1. The first-order valence-electron chi connectivity index (χ1n) is 6.62. The molecule has 2 aromatic rings. The molecule has 1 aromatic carbocycles. The molecule has 0 fully saturated rings. The van der Waals surface area contributed by atoms with Crippen molar-refractivity contribution in [1.29, 1.82) is 0 Å². The lowest BCUT2D eigenvalue weighted by molar-refractivity contribution is -0.142. The highest BCUT2D eigenvalue weighted by Crippen LogP contribution is 2.05. The standard InChI is InChI=1S/C14H16N4O3/c1-2-21-13(19)8-9-15-14(20)12-10-18(17-16-12)11-6-4-3-5-7-11/h3-7,10H,2,8-9H2,1H3,(H,15,20). The van der Waals surface area contributed by atoms with Gasteiger partial charge in [0.2, 0.25) is 0 Å². The average molecular weight is 288 g/mol. The Labute approximate surface area is 121 Å². The van der Waals surface area contributed by atoms with E-state index in [1.165, 1.54) is 10.9 Å². The molecule has 0 saturated carbocycles. The Bertz CT molecular complexity index is 610. The van der Waals surface area contributed by atoms with Crippen molar-refractivity contribution in [3.8, 4) is 5.69 Å². The fourth-order valence-corrected chi connectivity index (χ4v) is 1.68.